The van der Waals surface area contributed by atoms with Gasteiger partial charge in [-0.2, -0.15) is 22.7 Å². The maximum atomic E-state index is 13.8. The number of thiophene rings is 1. The summed E-state index contributed by atoms with van der Waals surface area (Å²) in [5.74, 6) is -2.55. The summed E-state index contributed by atoms with van der Waals surface area (Å²) in [5, 5.41) is 15.4. The van der Waals surface area contributed by atoms with Gasteiger partial charge in [0.2, 0.25) is 0 Å². The van der Waals surface area contributed by atoms with Gasteiger partial charge >= 0.3 is 18.2 Å². The highest BCUT2D eigenvalue weighted by atomic mass is 32.1. The van der Waals surface area contributed by atoms with Crippen LogP contribution in [-0.2, 0) is 6.18 Å². The van der Waals surface area contributed by atoms with E-state index >= 15 is 0 Å². The summed E-state index contributed by atoms with van der Waals surface area (Å²) in [5.41, 5.74) is -0.388. The number of ether oxygens (including phenoxy) is 1. The number of halogens is 4. The number of hydrogen-bond donors (Lipinski definition) is 1. The van der Waals surface area contributed by atoms with Crippen LogP contribution < -0.4 is 4.74 Å². The molecule has 0 aliphatic heterocycles. The molecule has 0 saturated carbocycles. The highest BCUT2D eigenvalue weighted by Gasteiger charge is 2.36. The van der Waals surface area contributed by atoms with Crippen molar-refractivity contribution in [3.63, 3.8) is 0 Å². The smallest absolute Gasteiger partial charge is 0.433 e. The van der Waals surface area contributed by atoms with Crippen LogP contribution in [0.3, 0.4) is 0 Å². The summed E-state index contributed by atoms with van der Waals surface area (Å²) < 4.78 is 61.4. The number of aryl methyl sites for hydroxylation is 1. The lowest BCUT2D eigenvalue weighted by Crippen LogP contribution is -2.13. The first-order chi connectivity index (χ1) is 17.1. The van der Waals surface area contributed by atoms with Crippen LogP contribution in [0.15, 0.2) is 60.0 Å². The molecule has 36 heavy (non-hydrogen) atoms. The van der Waals surface area contributed by atoms with Gasteiger partial charge in [-0.15, -0.1) is 16.4 Å². The average Bonchev–Trinajstić information content (AvgIpc) is 3.46. The number of alkyl halides is 3. The van der Waals surface area contributed by atoms with Gasteiger partial charge in [0.05, 0.1) is 10.6 Å². The van der Waals surface area contributed by atoms with E-state index in [1.165, 1.54) is 41.7 Å². The van der Waals surface area contributed by atoms with Crippen LogP contribution in [-0.4, -0.2) is 30.7 Å². The molecule has 5 aromatic rings. The van der Waals surface area contributed by atoms with E-state index in [0.29, 0.717) is 15.0 Å². The van der Waals surface area contributed by atoms with Crippen molar-refractivity contribution in [2.75, 3.05) is 0 Å². The van der Waals surface area contributed by atoms with Crippen molar-refractivity contribution in [1.29, 1.82) is 0 Å². The van der Waals surface area contributed by atoms with Gasteiger partial charge < -0.3 is 9.84 Å². The Labute approximate surface area is 204 Å². The molecule has 5 rings (SSSR count). The van der Waals surface area contributed by atoms with Gasteiger partial charge in [-0.1, -0.05) is 24.3 Å². The van der Waals surface area contributed by atoms with E-state index < -0.39 is 29.7 Å². The van der Waals surface area contributed by atoms with Crippen molar-refractivity contribution < 1.29 is 32.2 Å². The van der Waals surface area contributed by atoms with E-state index in [9.17, 15) is 27.5 Å². The van der Waals surface area contributed by atoms with Crippen LogP contribution in [0.4, 0.5) is 17.6 Å². The first-order valence-electron chi connectivity index (χ1n) is 10.3. The summed E-state index contributed by atoms with van der Waals surface area (Å²) >= 11 is 1.21. The van der Waals surface area contributed by atoms with Crippen molar-refractivity contribution in [2.45, 2.75) is 13.1 Å². The van der Waals surface area contributed by atoms with Gasteiger partial charge in [0, 0.05) is 5.56 Å². The Hall–Kier alpha value is -4.32. The third-order valence-electron chi connectivity index (χ3n) is 5.15. The number of fused-ring (bicyclic) bond motifs is 1. The Kier molecular flexibility index (Phi) is 5.67. The molecule has 3 aromatic heterocycles. The molecular weight excluding hydrogens is 500 g/mol. The van der Waals surface area contributed by atoms with E-state index in [1.54, 1.807) is 30.5 Å². The lowest BCUT2D eigenvalue weighted by atomic mass is 9.96. The molecule has 182 valence electrons. The first-order valence-corrected chi connectivity index (χ1v) is 11.2. The highest BCUT2D eigenvalue weighted by molar-refractivity contribution is 7.13. The summed E-state index contributed by atoms with van der Waals surface area (Å²) in [6.45, 7) is 1.66. The predicted octanol–water partition coefficient (Wildman–Crippen LogP) is 6.48. The molecule has 0 atom stereocenters. The molecule has 0 aliphatic rings. The van der Waals surface area contributed by atoms with Crippen molar-refractivity contribution in [2.24, 2.45) is 0 Å². The maximum absolute atomic E-state index is 13.8. The highest BCUT2D eigenvalue weighted by Crippen LogP contribution is 2.36. The van der Waals surface area contributed by atoms with E-state index in [-0.39, 0.29) is 33.9 Å². The quantitative estimate of drug-likeness (QED) is 0.270. The minimum Gasteiger partial charge on any atom is -0.478 e. The number of carbonyl (C=O) groups is 1. The first kappa shape index (κ1) is 23.4. The molecule has 0 unspecified atom stereocenters. The van der Waals surface area contributed by atoms with Gasteiger partial charge in [-0.25, -0.2) is 14.2 Å². The lowest BCUT2D eigenvalue weighted by molar-refractivity contribution is -0.142. The number of carboxylic acids is 1. The Balaban J connectivity index is 1.65. The molecule has 0 saturated heterocycles. The zero-order valence-electron chi connectivity index (χ0n) is 18.2. The number of aromatic nitrogens is 4. The molecule has 0 aliphatic carbocycles. The van der Waals surface area contributed by atoms with Gasteiger partial charge in [0.1, 0.15) is 17.1 Å². The fourth-order valence-corrected chi connectivity index (χ4v) is 4.37. The Bertz CT molecular complexity index is 1610. The molecule has 1 N–H and O–H groups in total. The predicted molar refractivity (Wildman–Crippen MR) is 123 cm³/mol. The lowest BCUT2D eigenvalue weighted by Gasteiger charge is -2.13. The Morgan fingerprint density at radius 2 is 1.89 bits per heavy atom. The second kappa shape index (κ2) is 8.72. The van der Waals surface area contributed by atoms with Crippen LogP contribution in [0.5, 0.6) is 11.8 Å². The van der Waals surface area contributed by atoms with Gasteiger partial charge in [-0.3, -0.25) is 0 Å². The molecule has 7 nitrogen and oxygen atoms in total. The topological polar surface area (TPSA) is 89.6 Å². The number of aromatic carboxylic acids is 1. The second-order valence-corrected chi connectivity index (χ2v) is 8.66. The number of nitrogens with zero attached hydrogens (tertiary/aromatic N) is 4. The van der Waals surface area contributed by atoms with Gasteiger partial charge in [-0.05, 0) is 53.8 Å². The number of hydrogen-bond acceptors (Lipinski definition) is 6. The van der Waals surface area contributed by atoms with Crippen molar-refractivity contribution >= 4 is 23.1 Å². The second-order valence-electron chi connectivity index (χ2n) is 7.71. The van der Waals surface area contributed by atoms with E-state index in [4.69, 9.17) is 4.74 Å². The third kappa shape index (κ3) is 4.38. The molecular formula is C24H14F4N4O3S. The summed E-state index contributed by atoms with van der Waals surface area (Å²) in [4.78, 5) is 20.8. The summed E-state index contributed by atoms with van der Waals surface area (Å²) in [6, 6.07) is 11.9. The minimum absolute atomic E-state index is 0.0546. The van der Waals surface area contributed by atoms with Crippen LogP contribution >= 0.6 is 11.3 Å². The molecule has 0 bridgehead atoms. The molecule has 12 heteroatoms. The van der Waals surface area contributed by atoms with Crippen molar-refractivity contribution in [3.05, 3.63) is 82.6 Å². The van der Waals surface area contributed by atoms with E-state index in [0.717, 1.165) is 6.07 Å². The van der Waals surface area contributed by atoms with Crippen molar-refractivity contribution in [1.82, 2.24) is 19.6 Å². The Morgan fingerprint density at radius 1 is 1.08 bits per heavy atom. The zero-order chi connectivity index (χ0) is 25.6. The molecule has 0 radical (unpaired) electrons. The average molecular weight is 514 g/mol. The van der Waals surface area contributed by atoms with Crippen molar-refractivity contribution in [3.8, 4) is 33.5 Å². The number of carboxylic acid groups (broad SMARTS) is 1. The van der Waals surface area contributed by atoms with E-state index in [2.05, 4.69) is 15.1 Å². The molecule has 3 heterocycles. The fourth-order valence-electron chi connectivity index (χ4n) is 3.68. The summed E-state index contributed by atoms with van der Waals surface area (Å²) in [7, 11) is 0. The Morgan fingerprint density at radius 3 is 2.56 bits per heavy atom. The SMILES string of the molecule is Cc1cc(Oc2nc3nc(-c4cccs4)cc(C(F)(F)F)n3n2)c(C(=O)O)c(-c2cccc(F)c2)c1. The largest absolute Gasteiger partial charge is 0.478 e. The molecule has 0 amide bonds. The minimum atomic E-state index is -4.78. The maximum Gasteiger partial charge on any atom is 0.433 e. The monoisotopic (exact) mass is 514 g/mol. The number of rotatable bonds is 5. The number of benzene rings is 2. The van der Waals surface area contributed by atoms with Gasteiger partial charge in [0.15, 0.2) is 5.69 Å². The third-order valence-corrected chi connectivity index (χ3v) is 6.05. The molecule has 2 aromatic carbocycles. The van der Waals surface area contributed by atoms with Gasteiger partial charge in [0.25, 0.3) is 5.78 Å². The fraction of sp³-hybridized carbons (Fsp3) is 0.0833. The molecule has 0 fully saturated rings. The standard InChI is InChI=1S/C24H14F4N4O3S/c1-12-8-15(13-4-2-5-14(25)10-13)20(21(33)34)17(9-12)35-23-30-22-29-16(18-6-3-7-36-18)11-19(24(26,27)28)32(22)31-23/h2-11H,1H3,(H,33,34). The summed E-state index contributed by atoms with van der Waals surface area (Å²) in [6.07, 6.45) is -4.78. The van der Waals surface area contributed by atoms with Crippen LogP contribution in [0.2, 0.25) is 0 Å². The molecule has 0 spiro atoms. The zero-order valence-corrected chi connectivity index (χ0v) is 19.1. The normalized spacial score (nSPS) is 11.7. The van der Waals surface area contributed by atoms with Crippen LogP contribution in [0.1, 0.15) is 21.6 Å². The van der Waals surface area contributed by atoms with E-state index in [1.807, 2.05) is 0 Å². The van der Waals surface area contributed by atoms with Crippen LogP contribution in [0, 0.1) is 12.7 Å². The van der Waals surface area contributed by atoms with Crippen LogP contribution in [0.25, 0.3) is 27.5 Å².